The van der Waals surface area contributed by atoms with Crippen LogP contribution >= 0.6 is 0 Å². The summed E-state index contributed by atoms with van der Waals surface area (Å²) in [6.45, 7) is 7.50. The number of aryl methyl sites for hydroxylation is 1. The van der Waals surface area contributed by atoms with Crippen molar-refractivity contribution in [2.24, 2.45) is 5.92 Å². The second kappa shape index (κ2) is 7.55. The summed E-state index contributed by atoms with van der Waals surface area (Å²) in [5.41, 5.74) is 0.184. The van der Waals surface area contributed by atoms with E-state index in [9.17, 15) is 23.1 Å². The van der Waals surface area contributed by atoms with Gasteiger partial charge in [0.05, 0.1) is 17.7 Å². The third kappa shape index (κ3) is 5.51. The molecule has 0 saturated heterocycles. The van der Waals surface area contributed by atoms with Gasteiger partial charge in [-0.2, -0.15) is 18.3 Å². The van der Waals surface area contributed by atoms with Crippen LogP contribution in [0, 0.1) is 19.8 Å². The van der Waals surface area contributed by atoms with Gasteiger partial charge in [-0.25, -0.2) is 0 Å². The lowest BCUT2D eigenvalue weighted by molar-refractivity contribution is -0.143. The van der Waals surface area contributed by atoms with Gasteiger partial charge in [0.25, 0.3) is 0 Å². The summed E-state index contributed by atoms with van der Waals surface area (Å²) in [6, 6.07) is 0. The number of halogens is 3. The number of alkyl halides is 3. The normalized spacial score (nSPS) is 15.9. The zero-order valence-electron chi connectivity index (χ0n) is 14.8. The molecule has 1 rings (SSSR count). The number of hydrogen-bond acceptors (Lipinski definition) is 3. The summed E-state index contributed by atoms with van der Waals surface area (Å²) < 4.78 is 38.4. The molecule has 0 fully saturated rings. The van der Waals surface area contributed by atoms with E-state index in [0.717, 1.165) is 11.1 Å². The van der Waals surface area contributed by atoms with Gasteiger partial charge in [-0.3, -0.25) is 9.48 Å². The SMILES string of the molecule is CCC(C)C(C)(O)CNC(=O)Cc1c(C)nn(CC(F)(F)F)c1C. The van der Waals surface area contributed by atoms with Gasteiger partial charge in [0.2, 0.25) is 5.91 Å². The lowest BCUT2D eigenvalue weighted by Gasteiger charge is -2.29. The Morgan fingerprint density at radius 1 is 1.38 bits per heavy atom. The van der Waals surface area contributed by atoms with E-state index in [1.165, 1.54) is 6.92 Å². The summed E-state index contributed by atoms with van der Waals surface area (Å²) in [6.07, 6.45) is -3.66. The largest absolute Gasteiger partial charge is 0.408 e. The standard InChI is InChI=1S/C16H26F3N3O2/c1-6-10(2)15(5,24)8-20-14(23)7-13-11(3)21-22(12(13)4)9-16(17,18)19/h10,24H,6-9H2,1-5H3,(H,20,23). The van der Waals surface area contributed by atoms with Gasteiger partial charge in [-0.15, -0.1) is 0 Å². The predicted molar refractivity (Wildman–Crippen MR) is 84.5 cm³/mol. The van der Waals surface area contributed by atoms with E-state index in [1.54, 1.807) is 13.8 Å². The highest BCUT2D eigenvalue weighted by Crippen LogP contribution is 2.22. The Kier molecular flexibility index (Phi) is 6.44. The van der Waals surface area contributed by atoms with Crippen molar-refractivity contribution in [1.29, 1.82) is 0 Å². The minimum atomic E-state index is -4.36. The minimum absolute atomic E-state index is 0.0100. The Balaban J connectivity index is 2.75. The summed E-state index contributed by atoms with van der Waals surface area (Å²) >= 11 is 0. The number of rotatable bonds is 7. The van der Waals surface area contributed by atoms with Crippen LogP contribution in [0.4, 0.5) is 13.2 Å². The van der Waals surface area contributed by atoms with Crippen LogP contribution in [-0.2, 0) is 17.8 Å². The fourth-order valence-electron chi connectivity index (χ4n) is 2.43. The first-order valence-corrected chi connectivity index (χ1v) is 7.96. The van der Waals surface area contributed by atoms with Crippen molar-refractivity contribution in [3.8, 4) is 0 Å². The molecule has 1 aromatic heterocycles. The quantitative estimate of drug-likeness (QED) is 0.795. The maximum Gasteiger partial charge on any atom is 0.408 e. The molecule has 1 heterocycles. The zero-order valence-corrected chi connectivity index (χ0v) is 14.8. The number of nitrogens with zero attached hydrogens (tertiary/aromatic N) is 2. The molecule has 2 unspecified atom stereocenters. The second-order valence-electron chi connectivity index (χ2n) is 6.54. The monoisotopic (exact) mass is 349 g/mol. The summed E-state index contributed by atoms with van der Waals surface area (Å²) in [5.74, 6) is -0.341. The third-order valence-electron chi connectivity index (χ3n) is 4.52. The number of nitrogens with one attached hydrogen (secondary N) is 1. The van der Waals surface area contributed by atoms with Gasteiger partial charge >= 0.3 is 6.18 Å². The predicted octanol–water partition coefficient (Wildman–Crippen LogP) is 2.52. The van der Waals surface area contributed by atoms with Crippen molar-refractivity contribution < 1.29 is 23.1 Å². The van der Waals surface area contributed by atoms with Crippen LogP contribution in [0.1, 0.15) is 44.1 Å². The van der Waals surface area contributed by atoms with Gasteiger partial charge in [0.15, 0.2) is 0 Å². The Hall–Kier alpha value is -1.57. The molecule has 2 N–H and O–H groups in total. The van der Waals surface area contributed by atoms with Crippen LogP contribution in [0.25, 0.3) is 0 Å². The van der Waals surface area contributed by atoms with E-state index < -0.39 is 18.3 Å². The molecule has 138 valence electrons. The number of hydrogen-bond donors (Lipinski definition) is 2. The van der Waals surface area contributed by atoms with Crippen LogP contribution < -0.4 is 5.32 Å². The average Bonchev–Trinajstić information content (AvgIpc) is 2.70. The van der Waals surface area contributed by atoms with Gasteiger partial charge in [-0.05, 0) is 26.7 Å². The molecule has 2 atom stereocenters. The van der Waals surface area contributed by atoms with Crippen molar-refractivity contribution in [1.82, 2.24) is 15.1 Å². The van der Waals surface area contributed by atoms with Crippen molar-refractivity contribution in [3.63, 3.8) is 0 Å². The van der Waals surface area contributed by atoms with E-state index >= 15 is 0 Å². The van der Waals surface area contributed by atoms with Crippen LogP contribution in [0.3, 0.4) is 0 Å². The highest BCUT2D eigenvalue weighted by Gasteiger charge is 2.31. The van der Waals surface area contributed by atoms with E-state index in [-0.39, 0.29) is 24.8 Å². The second-order valence-corrected chi connectivity index (χ2v) is 6.54. The molecule has 0 aliphatic carbocycles. The highest BCUT2D eigenvalue weighted by molar-refractivity contribution is 5.79. The van der Waals surface area contributed by atoms with E-state index in [2.05, 4.69) is 10.4 Å². The van der Waals surface area contributed by atoms with E-state index in [0.29, 0.717) is 17.0 Å². The Bertz CT molecular complexity index is 580. The molecule has 0 spiro atoms. The van der Waals surface area contributed by atoms with Gasteiger partial charge in [-0.1, -0.05) is 20.3 Å². The van der Waals surface area contributed by atoms with Gasteiger partial charge in [0.1, 0.15) is 6.54 Å². The number of amides is 1. The molecule has 0 aromatic carbocycles. The van der Waals surface area contributed by atoms with E-state index in [1.807, 2.05) is 13.8 Å². The molecule has 1 aromatic rings. The smallest absolute Gasteiger partial charge is 0.388 e. The maximum atomic E-state index is 12.5. The summed E-state index contributed by atoms with van der Waals surface area (Å²) in [5, 5.41) is 16.8. The van der Waals surface area contributed by atoms with E-state index in [4.69, 9.17) is 0 Å². The van der Waals surface area contributed by atoms with Crippen molar-refractivity contribution in [2.75, 3.05) is 6.54 Å². The molecule has 0 aliphatic rings. The zero-order chi connectivity index (χ0) is 18.7. The first-order chi connectivity index (χ1) is 10.9. The molecular weight excluding hydrogens is 323 g/mol. The fraction of sp³-hybridized carbons (Fsp3) is 0.750. The number of carbonyl (C=O) groups excluding carboxylic acids is 1. The van der Waals surface area contributed by atoms with Crippen LogP contribution in [0.15, 0.2) is 0 Å². The lowest BCUT2D eigenvalue weighted by Crippen LogP contribution is -2.45. The highest BCUT2D eigenvalue weighted by atomic mass is 19.4. The molecular formula is C16H26F3N3O2. The van der Waals surface area contributed by atoms with Crippen molar-refractivity contribution in [3.05, 3.63) is 17.0 Å². The number of carbonyl (C=O) groups is 1. The van der Waals surface area contributed by atoms with Crippen molar-refractivity contribution >= 4 is 5.91 Å². The molecule has 0 bridgehead atoms. The average molecular weight is 349 g/mol. The first kappa shape index (κ1) is 20.5. The van der Waals surface area contributed by atoms with Crippen molar-refractivity contribution in [2.45, 2.75) is 65.8 Å². The van der Waals surface area contributed by atoms with Crippen LogP contribution in [-0.4, -0.2) is 39.1 Å². The number of aliphatic hydroxyl groups is 1. The molecule has 24 heavy (non-hydrogen) atoms. The molecule has 0 radical (unpaired) electrons. The van der Waals surface area contributed by atoms with Gasteiger partial charge in [0, 0.05) is 17.8 Å². The Morgan fingerprint density at radius 2 is 1.96 bits per heavy atom. The van der Waals surface area contributed by atoms with Crippen LogP contribution in [0.2, 0.25) is 0 Å². The molecule has 0 aliphatic heterocycles. The first-order valence-electron chi connectivity index (χ1n) is 7.96. The topological polar surface area (TPSA) is 67.2 Å². The molecule has 8 heteroatoms. The third-order valence-corrected chi connectivity index (χ3v) is 4.52. The lowest BCUT2D eigenvalue weighted by atomic mass is 9.88. The summed E-state index contributed by atoms with van der Waals surface area (Å²) in [7, 11) is 0. The van der Waals surface area contributed by atoms with Crippen LogP contribution in [0.5, 0.6) is 0 Å². The fourth-order valence-corrected chi connectivity index (χ4v) is 2.43. The minimum Gasteiger partial charge on any atom is -0.388 e. The molecule has 1 amide bonds. The Morgan fingerprint density at radius 3 is 2.46 bits per heavy atom. The summed E-state index contributed by atoms with van der Waals surface area (Å²) in [4.78, 5) is 12.1. The number of aromatic nitrogens is 2. The molecule has 5 nitrogen and oxygen atoms in total. The molecule has 0 saturated carbocycles. The van der Waals surface area contributed by atoms with Gasteiger partial charge < -0.3 is 10.4 Å². The Labute approximate surface area is 140 Å². The maximum absolute atomic E-state index is 12.5.